The van der Waals surface area contributed by atoms with Crippen molar-refractivity contribution in [2.45, 2.75) is 4.90 Å². The maximum absolute atomic E-state index is 5.17. The van der Waals surface area contributed by atoms with Gasteiger partial charge in [-0.3, -0.25) is 0 Å². The minimum absolute atomic E-state index is 0.768. The predicted molar refractivity (Wildman–Crippen MR) is 68.5 cm³/mol. The first-order chi connectivity index (χ1) is 7.86. The molecule has 0 bridgehead atoms. The summed E-state index contributed by atoms with van der Waals surface area (Å²) in [5, 5.41) is 3.31. The van der Waals surface area contributed by atoms with E-state index < -0.39 is 0 Å². The summed E-state index contributed by atoms with van der Waals surface area (Å²) in [6.45, 7) is 2.67. The van der Waals surface area contributed by atoms with Gasteiger partial charge in [-0.1, -0.05) is 6.07 Å². The lowest BCUT2D eigenvalue weighted by Crippen LogP contribution is -2.21. The molecule has 0 radical (unpaired) electrons. The van der Waals surface area contributed by atoms with Gasteiger partial charge in [0.25, 0.3) is 0 Å². The minimum atomic E-state index is 0.768. The third-order valence-corrected chi connectivity index (χ3v) is 3.07. The number of nitrogens with one attached hydrogen (secondary N) is 1. The number of hydrogen-bond donors (Lipinski definition) is 1. The molecule has 90 valence electrons. The largest absolute Gasteiger partial charge is 0.497 e. The Kier molecular flexibility index (Phi) is 7.05. The van der Waals surface area contributed by atoms with Crippen LogP contribution in [0.4, 0.5) is 0 Å². The van der Waals surface area contributed by atoms with Gasteiger partial charge >= 0.3 is 0 Å². The van der Waals surface area contributed by atoms with Crippen LogP contribution in [-0.4, -0.2) is 39.7 Å². The highest BCUT2D eigenvalue weighted by Gasteiger charge is 1.96. The molecule has 0 aliphatic heterocycles. The zero-order valence-electron chi connectivity index (χ0n) is 9.86. The molecule has 1 rings (SSSR count). The van der Waals surface area contributed by atoms with Crippen molar-refractivity contribution < 1.29 is 9.47 Å². The normalized spacial score (nSPS) is 10.4. The summed E-state index contributed by atoms with van der Waals surface area (Å²) in [6.07, 6.45) is 0. The van der Waals surface area contributed by atoms with Crippen molar-refractivity contribution in [1.82, 2.24) is 5.32 Å². The third-order valence-electron chi connectivity index (χ3n) is 2.07. The molecule has 3 nitrogen and oxygen atoms in total. The molecule has 16 heavy (non-hydrogen) atoms. The summed E-state index contributed by atoms with van der Waals surface area (Å²) in [6, 6.07) is 8.13. The smallest absolute Gasteiger partial charge is 0.119 e. The summed E-state index contributed by atoms with van der Waals surface area (Å²) in [5.41, 5.74) is 0. The molecule has 0 atom stereocenters. The van der Waals surface area contributed by atoms with Crippen LogP contribution in [-0.2, 0) is 4.74 Å². The number of hydrogen-bond acceptors (Lipinski definition) is 4. The van der Waals surface area contributed by atoms with E-state index in [0.717, 1.165) is 31.2 Å². The summed E-state index contributed by atoms with van der Waals surface area (Å²) < 4.78 is 10.1. The first-order valence-electron chi connectivity index (χ1n) is 5.33. The maximum Gasteiger partial charge on any atom is 0.119 e. The molecule has 0 saturated heterocycles. The quantitative estimate of drug-likeness (QED) is 0.557. The average molecular weight is 241 g/mol. The molecule has 1 aromatic rings. The highest BCUT2D eigenvalue weighted by Crippen LogP contribution is 2.22. The highest BCUT2D eigenvalue weighted by molar-refractivity contribution is 7.99. The van der Waals surface area contributed by atoms with Crippen molar-refractivity contribution in [3.63, 3.8) is 0 Å². The zero-order valence-corrected chi connectivity index (χ0v) is 10.7. The molecule has 0 aliphatic rings. The first-order valence-corrected chi connectivity index (χ1v) is 6.32. The van der Waals surface area contributed by atoms with Gasteiger partial charge in [0, 0.05) is 30.8 Å². The van der Waals surface area contributed by atoms with E-state index in [-0.39, 0.29) is 0 Å². The Labute approximate surface area is 102 Å². The van der Waals surface area contributed by atoms with Crippen molar-refractivity contribution in [3.05, 3.63) is 24.3 Å². The van der Waals surface area contributed by atoms with E-state index in [9.17, 15) is 0 Å². The van der Waals surface area contributed by atoms with E-state index in [0.29, 0.717) is 0 Å². The van der Waals surface area contributed by atoms with Crippen LogP contribution in [0.15, 0.2) is 29.2 Å². The van der Waals surface area contributed by atoms with Crippen molar-refractivity contribution in [2.75, 3.05) is 39.7 Å². The lowest BCUT2D eigenvalue weighted by molar-refractivity contribution is 0.200. The molecule has 0 heterocycles. The van der Waals surface area contributed by atoms with Crippen molar-refractivity contribution in [3.8, 4) is 5.75 Å². The van der Waals surface area contributed by atoms with Gasteiger partial charge in [-0.25, -0.2) is 0 Å². The van der Waals surface area contributed by atoms with Gasteiger partial charge in [0.05, 0.1) is 13.7 Å². The number of rotatable bonds is 8. The number of methoxy groups -OCH3 is 2. The van der Waals surface area contributed by atoms with Crippen LogP contribution >= 0.6 is 11.8 Å². The second-order valence-electron chi connectivity index (χ2n) is 3.27. The Morgan fingerprint density at radius 2 is 2.12 bits per heavy atom. The van der Waals surface area contributed by atoms with Gasteiger partial charge in [-0.2, -0.15) is 0 Å². The van der Waals surface area contributed by atoms with Crippen LogP contribution in [0.5, 0.6) is 5.75 Å². The van der Waals surface area contributed by atoms with Crippen LogP contribution in [0.25, 0.3) is 0 Å². The Hall–Kier alpha value is -0.710. The van der Waals surface area contributed by atoms with Crippen LogP contribution in [0.3, 0.4) is 0 Å². The summed E-state index contributed by atoms with van der Waals surface area (Å²) >= 11 is 1.82. The number of ether oxygens (including phenoxy) is 2. The third kappa shape index (κ3) is 5.39. The van der Waals surface area contributed by atoms with Crippen LogP contribution in [0.2, 0.25) is 0 Å². The number of benzene rings is 1. The molecule has 0 amide bonds. The molecule has 0 aromatic heterocycles. The van der Waals surface area contributed by atoms with E-state index in [1.165, 1.54) is 4.90 Å². The van der Waals surface area contributed by atoms with E-state index in [1.54, 1.807) is 14.2 Å². The molecule has 0 saturated carbocycles. The molecule has 4 heteroatoms. The monoisotopic (exact) mass is 241 g/mol. The molecule has 0 unspecified atom stereocenters. The van der Waals surface area contributed by atoms with Crippen molar-refractivity contribution in [2.24, 2.45) is 0 Å². The van der Waals surface area contributed by atoms with E-state index >= 15 is 0 Å². The fourth-order valence-corrected chi connectivity index (χ4v) is 2.09. The maximum atomic E-state index is 5.17. The Morgan fingerprint density at radius 3 is 2.88 bits per heavy atom. The minimum Gasteiger partial charge on any atom is -0.497 e. The molecular weight excluding hydrogens is 222 g/mol. The molecule has 1 aromatic carbocycles. The highest BCUT2D eigenvalue weighted by atomic mass is 32.2. The average Bonchev–Trinajstić information content (AvgIpc) is 2.34. The summed E-state index contributed by atoms with van der Waals surface area (Å²) in [7, 11) is 3.41. The van der Waals surface area contributed by atoms with E-state index in [1.807, 2.05) is 23.9 Å². The topological polar surface area (TPSA) is 30.5 Å². The van der Waals surface area contributed by atoms with Gasteiger partial charge in [0.2, 0.25) is 0 Å². The zero-order chi connectivity index (χ0) is 11.6. The van der Waals surface area contributed by atoms with Gasteiger partial charge in [0.1, 0.15) is 5.75 Å². The Morgan fingerprint density at radius 1 is 1.25 bits per heavy atom. The molecule has 0 spiro atoms. The lowest BCUT2D eigenvalue weighted by Gasteiger charge is -2.05. The second-order valence-corrected chi connectivity index (χ2v) is 4.44. The van der Waals surface area contributed by atoms with E-state index in [4.69, 9.17) is 9.47 Å². The standard InChI is InChI=1S/C12H19NO2S/c1-14-8-6-13-7-9-16-12-5-3-4-11(10-12)15-2/h3-5,10,13H,6-9H2,1-2H3. The molecule has 0 fully saturated rings. The van der Waals surface area contributed by atoms with Crippen molar-refractivity contribution >= 4 is 11.8 Å². The first kappa shape index (κ1) is 13.4. The van der Waals surface area contributed by atoms with Crippen molar-refractivity contribution in [1.29, 1.82) is 0 Å². The van der Waals surface area contributed by atoms with Crippen LogP contribution < -0.4 is 10.1 Å². The van der Waals surface area contributed by atoms with Gasteiger partial charge < -0.3 is 14.8 Å². The number of thioether (sulfide) groups is 1. The fraction of sp³-hybridized carbons (Fsp3) is 0.500. The molecule has 1 N–H and O–H groups in total. The van der Waals surface area contributed by atoms with Crippen LogP contribution in [0, 0.1) is 0 Å². The fourth-order valence-electron chi connectivity index (χ4n) is 1.23. The SMILES string of the molecule is COCCNCCSc1cccc(OC)c1. The summed E-state index contributed by atoms with van der Waals surface area (Å²) in [5.74, 6) is 1.97. The van der Waals surface area contributed by atoms with E-state index in [2.05, 4.69) is 17.4 Å². The summed E-state index contributed by atoms with van der Waals surface area (Å²) in [4.78, 5) is 1.24. The van der Waals surface area contributed by atoms with Crippen LogP contribution in [0.1, 0.15) is 0 Å². The second kappa shape index (κ2) is 8.44. The predicted octanol–water partition coefficient (Wildman–Crippen LogP) is 2.02. The Balaban J connectivity index is 2.16. The molecule has 0 aliphatic carbocycles. The lowest BCUT2D eigenvalue weighted by atomic mass is 10.3. The van der Waals surface area contributed by atoms with Gasteiger partial charge in [-0.15, -0.1) is 11.8 Å². The van der Waals surface area contributed by atoms with Gasteiger partial charge in [-0.05, 0) is 18.2 Å². The Bertz CT molecular complexity index is 294. The molecular formula is C12H19NO2S. The van der Waals surface area contributed by atoms with Gasteiger partial charge in [0.15, 0.2) is 0 Å².